The van der Waals surface area contributed by atoms with Crippen molar-refractivity contribution in [2.75, 3.05) is 0 Å². The molecule has 1 amide bonds. The monoisotopic (exact) mass is 261 g/mol. The van der Waals surface area contributed by atoms with Crippen molar-refractivity contribution in [1.29, 1.82) is 0 Å². The van der Waals surface area contributed by atoms with Gasteiger partial charge in [-0.25, -0.2) is 0 Å². The number of halogens is 3. The maximum Gasteiger partial charge on any atom is 0.408 e. The summed E-state index contributed by atoms with van der Waals surface area (Å²) < 4.78 is 37.6. The molecule has 1 aromatic rings. The lowest BCUT2D eigenvalue weighted by atomic mass is 9.99. The van der Waals surface area contributed by atoms with Crippen LogP contribution in [0.3, 0.4) is 0 Å². The van der Waals surface area contributed by atoms with E-state index in [1.807, 2.05) is 0 Å². The molecule has 0 aromatic carbocycles. The number of hydrogen-bond donors (Lipinski definition) is 1. The number of fused-ring (bicyclic) bond motifs is 1. The van der Waals surface area contributed by atoms with Gasteiger partial charge in [-0.05, 0) is 31.2 Å². The van der Waals surface area contributed by atoms with E-state index in [4.69, 9.17) is 5.73 Å². The summed E-state index contributed by atoms with van der Waals surface area (Å²) in [6, 6.07) is 0. The summed E-state index contributed by atoms with van der Waals surface area (Å²) >= 11 is 0. The third kappa shape index (κ3) is 3.02. The van der Waals surface area contributed by atoms with Crippen molar-refractivity contribution >= 4 is 5.91 Å². The summed E-state index contributed by atoms with van der Waals surface area (Å²) in [5, 5.41) is 3.93. The predicted molar refractivity (Wildman–Crippen MR) is 57.6 cm³/mol. The molecular weight excluding hydrogens is 247 g/mol. The summed E-state index contributed by atoms with van der Waals surface area (Å²) in [6.45, 7) is -1.07. The Balaban J connectivity index is 2.09. The fraction of sp³-hybridized carbons (Fsp3) is 0.636. The summed E-state index contributed by atoms with van der Waals surface area (Å²) in [5.41, 5.74) is 6.69. The Hall–Kier alpha value is -1.53. The van der Waals surface area contributed by atoms with Crippen LogP contribution in [-0.2, 0) is 24.2 Å². The summed E-state index contributed by atoms with van der Waals surface area (Å²) in [6.07, 6.45) is -0.632. The Bertz CT molecular complexity index is 427. The molecule has 1 atom stereocenters. The summed E-state index contributed by atoms with van der Waals surface area (Å²) in [5.74, 6) is -0.543. The SMILES string of the molecule is NC(=O)C1CCc2cn(CC(F)(F)F)nc2CC1. The molecule has 0 fully saturated rings. The molecule has 1 unspecified atom stereocenters. The normalized spacial score (nSPS) is 20.3. The minimum Gasteiger partial charge on any atom is -0.369 e. The lowest BCUT2D eigenvalue weighted by Gasteiger charge is -2.09. The van der Waals surface area contributed by atoms with Crippen molar-refractivity contribution in [3.05, 3.63) is 17.5 Å². The third-order valence-corrected chi connectivity index (χ3v) is 3.16. The van der Waals surface area contributed by atoms with Crippen LogP contribution in [0, 0.1) is 5.92 Å². The van der Waals surface area contributed by atoms with E-state index >= 15 is 0 Å². The predicted octanol–water partition coefficient (Wildman–Crippen LogP) is 1.43. The minimum atomic E-state index is -4.26. The van der Waals surface area contributed by atoms with E-state index in [1.165, 1.54) is 6.20 Å². The fourth-order valence-electron chi connectivity index (χ4n) is 2.26. The molecule has 0 bridgehead atoms. The molecule has 0 saturated carbocycles. The van der Waals surface area contributed by atoms with E-state index in [-0.39, 0.29) is 11.8 Å². The topological polar surface area (TPSA) is 60.9 Å². The van der Waals surface area contributed by atoms with Crippen molar-refractivity contribution in [2.24, 2.45) is 11.7 Å². The van der Waals surface area contributed by atoms with Crippen LogP contribution in [0.2, 0.25) is 0 Å². The average Bonchev–Trinajstić information content (AvgIpc) is 2.46. The van der Waals surface area contributed by atoms with E-state index in [0.29, 0.717) is 31.4 Å². The van der Waals surface area contributed by atoms with Gasteiger partial charge in [0.05, 0.1) is 5.69 Å². The van der Waals surface area contributed by atoms with Gasteiger partial charge in [0.25, 0.3) is 0 Å². The van der Waals surface area contributed by atoms with Crippen LogP contribution in [0.4, 0.5) is 13.2 Å². The van der Waals surface area contributed by atoms with Crippen LogP contribution in [0.15, 0.2) is 6.20 Å². The van der Waals surface area contributed by atoms with Gasteiger partial charge >= 0.3 is 6.18 Å². The number of hydrogen-bond acceptors (Lipinski definition) is 2. The second kappa shape index (κ2) is 4.62. The molecular formula is C11H14F3N3O. The number of primary amides is 1. The number of nitrogens with two attached hydrogens (primary N) is 1. The van der Waals surface area contributed by atoms with Gasteiger partial charge in [-0.3, -0.25) is 9.48 Å². The lowest BCUT2D eigenvalue weighted by molar-refractivity contribution is -0.142. The number of carbonyl (C=O) groups is 1. The average molecular weight is 261 g/mol. The zero-order valence-corrected chi connectivity index (χ0v) is 9.70. The van der Waals surface area contributed by atoms with E-state index in [2.05, 4.69) is 5.10 Å². The number of aryl methyl sites for hydroxylation is 2. The molecule has 1 aliphatic carbocycles. The second-order valence-corrected chi connectivity index (χ2v) is 4.59. The number of rotatable bonds is 2. The number of nitrogens with zero attached hydrogens (tertiary/aromatic N) is 2. The van der Waals surface area contributed by atoms with Gasteiger partial charge in [0.15, 0.2) is 0 Å². The zero-order chi connectivity index (χ0) is 13.3. The van der Waals surface area contributed by atoms with Gasteiger partial charge in [-0.2, -0.15) is 18.3 Å². The highest BCUT2D eigenvalue weighted by Crippen LogP contribution is 2.25. The van der Waals surface area contributed by atoms with Crippen molar-refractivity contribution in [3.8, 4) is 0 Å². The Kier molecular flexibility index (Phi) is 3.32. The van der Waals surface area contributed by atoms with Crippen molar-refractivity contribution in [1.82, 2.24) is 9.78 Å². The molecule has 2 N–H and O–H groups in total. The van der Waals surface area contributed by atoms with Gasteiger partial charge < -0.3 is 5.73 Å². The van der Waals surface area contributed by atoms with Crippen LogP contribution in [0.1, 0.15) is 24.1 Å². The zero-order valence-electron chi connectivity index (χ0n) is 9.70. The highest BCUT2D eigenvalue weighted by molar-refractivity contribution is 5.76. The standard InChI is InChI=1S/C11H14F3N3O/c12-11(13,14)6-17-5-8-2-1-7(10(15)18)3-4-9(8)16-17/h5,7H,1-4,6H2,(H2,15,18). The Morgan fingerprint density at radius 3 is 2.72 bits per heavy atom. The van der Waals surface area contributed by atoms with Crippen LogP contribution < -0.4 is 5.73 Å². The first-order valence-electron chi connectivity index (χ1n) is 5.76. The molecule has 0 radical (unpaired) electrons. The number of alkyl halides is 3. The molecule has 1 aromatic heterocycles. The van der Waals surface area contributed by atoms with E-state index < -0.39 is 12.7 Å². The van der Waals surface area contributed by atoms with Crippen molar-refractivity contribution in [3.63, 3.8) is 0 Å². The van der Waals surface area contributed by atoms with Crippen LogP contribution in [0.5, 0.6) is 0 Å². The molecule has 0 saturated heterocycles. The first kappa shape index (κ1) is 12.9. The number of carbonyl (C=O) groups excluding carboxylic acids is 1. The van der Waals surface area contributed by atoms with Gasteiger partial charge in [0, 0.05) is 12.1 Å². The molecule has 4 nitrogen and oxygen atoms in total. The van der Waals surface area contributed by atoms with Crippen LogP contribution in [-0.4, -0.2) is 21.9 Å². The Morgan fingerprint density at radius 1 is 1.44 bits per heavy atom. The second-order valence-electron chi connectivity index (χ2n) is 4.59. The minimum absolute atomic E-state index is 0.199. The van der Waals surface area contributed by atoms with Crippen LogP contribution in [0.25, 0.3) is 0 Å². The first-order chi connectivity index (χ1) is 8.35. The van der Waals surface area contributed by atoms with Crippen molar-refractivity contribution in [2.45, 2.75) is 38.4 Å². The number of aromatic nitrogens is 2. The first-order valence-corrected chi connectivity index (χ1v) is 5.76. The quantitative estimate of drug-likeness (QED) is 0.818. The molecule has 1 heterocycles. The highest BCUT2D eigenvalue weighted by Gasteiger charge is 2.30. The summed E-state index contributed by atoms with van der Waals surface area (Å²) in [7, 11) is 0. The van der Waals surface area contributed by atoms with E-state index in [9.17, 15) is 18.0 Å². The Labute approximate surface area is 102 Å². The van der Waals surface area contributed by atoms with Gasteiger partial charge in [-0.1, -0.05) is 0 Å². The van der Waals surface area contributed by atoms with Crippen LogP contribution >= 0.6 is 0 Å². The fourth-order valence-corrected chi connectivity index (χ4v) is 2.26. The molecule has 0 spiro atoms. The summed E-state index contributed by atoms with van der Waals surface area (Å²) in [4.78, 5) is 11.1. The molecule has 2 rings (SSSR count). The molecule has 0 aliphatic heterocycles. The van der Waals surface area contributed by atoms with E-state index in [0.717, 1.165) is 10.2 Å². The molecule has 18 heavy (non-hydrogen) atoms. The third-order valence-electron chi connectivity index (χ3n) is 3.16. The largest absolute Gasteiger partial charge is 0.408 e. The lowest BCUT2D eigenvalue weighted by Crippen LogP contribution is -2.23. The number of amides is 1. The van der Waals surface area contributed by atoms with Crippen molar-refractivity contribution < 1.29 is 18.0 Å². The maximum absolute atomic E-state index is 12.2. The molecule has 1 aliphatic rings. The highest BCUT2D eigenvalue weighted by atomic mass is 19.4. The molecule has 7 heteroatoms. The molecule has 100 valence electrons. The van der Waals surface area contributed by atoms with Gasteiger partial charge in [0.1, 0.15) is 6.54 Å². The smallest absolute Gasteiger partial charge is 0.369 e. The maximum atomic E-state index is 12.2. The van der Waals surface area contributed by atoms with Gasteiger partial charge in [-0.15, -0.1) is 0 Å². The van der Waals surface area contributed by atoms with E-state index in [1.54, 1.807) is 0 Å². The van der Waals surface area contributed by atoms with Gasteiger partial charge in [0.2, 0.25) is 5.91 Å². The Morgan fingerprint density at radius 2 is 2.11 bits per heavy atom.